The number of aryl methyl sites for hydroxylation is 2. The van der Waals surface area contributed by atoms with E-state index in [1.807, 2.05) is 18.7 Å². The summed E-state index contributed by atoms with van der Waals surface area (Å²) in [6, 6.07) is 0.587. The number of nitrogens with zero attached hydrogens (tertiary/aromatic N) is 5. The number of rotatable bonds is 2. The van der Waals surface area contributed by atoms with Gasteiger partial charge < -0.3 is 9.80 Å². The lowest BCUT2D eigenvalue weighted by molar-refractivity contribution is 0.409. The van der Waals surface area contributed by atoms with Crippen molar-refractivity contribution in [3.63, 3.8) is 0 Å². The van der Waals surface area contributed by atoms with E-state index in [1.165, 1.54) is 17.7 Å². The number of hydrogen-bond acceptors (Lipinski definition) is 5. The van der Waals surface area contributed by atoms with Crippen LogP contribution < -0.4 is 4.90 Å². The highest BCUT2D eigenvalue weighted by molar-refractivity contribution is 7.22. The molecule has 1 aliphatic heterocycles. The first kappa shape index (κ1) is 11.9. The highest BCUT2D eigenvalue weighted by Crippen LogP contribution is 2.32. The summed E-state index contributed by atoms with van der Waals surface area (Å²) >= 11 is 1.75. The maximum absolute atomic E-state index is 4.73. The molecule has 6 heteroatoms. The third-order valence-corrected chi connectivity index (χ3v) is 4.99. The van der Waals surface area contributed by atoms with E-state index in [2.05, 4.69) is 29.0 Å². The van der Waals surface area contributed by atoms with Gasteiger partial charge in [-0.05, 0) is 26.9 Å². The van der Waals surface area contributed by atoms with Crippen LogP contribution in [0.1, 0.15) is 12.1 Å². The van der Waals surface area contributed by atoms with Crippen molar-refractivity contribution in [3.8, 4) is 0 Å². The zero-order valence-electron chi connectivity index (χ0n) is 11.3. The molecule has 0 saturated carbocycles. The van der Waals surface area contributed by atoms with Crippen LogP contribution in [-0.4, -0.2) is 52.9 Å². The van der Waals surface area contributed by atoms with Gasteiger partial charge in [0.15, 0.2) is 10.8 Å². The quantitative estimate of drug-likeness (QED) is 0.824. The number of thiazole rings is 1. The molecule has 1 aliphatic rings. The monoisotopic (exact) mass is 265 g/mol. The van der Waals surface area contributed by atoms with E-state index in [-0.39, 0.29) is 0 Å². The van der Waals surface area contributed by atoms with Crippen LogP contribution in [0.5, 0.6) is 0 Å². The maximum Gasteiger partial charge on any atom is 0.188 e. The fraction of sp³-hybridized carbons (Fsp3) is 0.667. The number of likely N-dealkylation sites (tertiary alicyclic amines) is 1. The van der Waals surface area contributed by atoms with Gasteiger partial charge in [0.2, 0.25) is 0 Å². The van der Waals surface area contributed by atoms with E-state index in [1.54, 1.807) is 11.3 Å². The Labute approximate surface area is 111 Å². The second kappa shape index (κ2) is 4.20. The van der Waals surface area contributed by atoms with E-state index in [4.69, 9.17) is 4.98 Å². The Morgan fingerprint density at radius 2 is 2.17 bits per heavy atom. The Bertz CT molecular complexity index is 538. The van der Waals surface area contributed by atoms with E-state index < -0.39 is 0 Å². The highest BCUT2D eigenvalue weighted by Gasteiger charge is 2.26. The van der Waals surface area contributed by atoms with E-state index in [9.17, 15) is 0 Å². The van der Waals surface area contributed by atoms with Gasteiger partial charge in [-0.1, -0.05) is 11.3 Å². The lowest BCUT2D eigenvalue weighted by Crippen LogP contribution is -2.33. The maximum atomic E-state index is 4.73. The Kier molecular flexibility index (Phi) is 2.79. The van der Waals surface area contributed by atoms with E-state index >= 15 is 0 Å². The molecule has 0 spiro atoms. The zero-order chi connectivity index (χ0) is 12.9. The summed E-state index contributed by atoms with van der Waals surface area (Å²) in [4.78, 5) is 9.43. The smallest absolute Gasteiger partial charge is 0.188 e. The van der Waals surface area contributed by atoms with Gasteiger partial charge in [0.05, 0.1) is 10.4 Å². The normalized spacial score (nSPS) is 21.0. The van der Waals surface area contributed by atoms with Crippen LogP contribution in [0.15, 0.2) is 0 Å². The number of fused-ring (bicyclic) bond motifs is 1. The van der Waals surface area contributed by atoms with Crippen LogP contribution in [0.4, 0.5) is 5.13 Å². The molecule has 3 heterocycles. The summed E-state index contributed by atoms with van der Waals surface area (Å²) < 4.78 is 3.09. The van der Waals surface area contributed by atoms with Crippen molar-refractivity contribution in [1.29, 1.82) is 0 Å². The van der Waals surface area contributed by atoms with Crippen LogP contribution in [-0.2, 0) is 7.05 Å². The average molecular weight is 265 g/mol. The first-order chi connectivity index (χ1) is 8.56. The molecule has 98 valence electrons. The van der Waals surface area contributed by atoms with Crippen LogP contribution >= 0.6 is 11.3 Å². The van der Waals surface area contributed by atoms with Gasteiger partial charge >= 0.3 is 0 Å². The topological polar surface area (TPSA) is 37.2 Å². The van der Waals surface area contributed by atoms with Crippen molar-refractivity contribution in [2.45, 2.75) is 19.4 Å². The molecular formula is C12H19N5S. The van der Waals surface area contributed by atoms with Crippen molar-refractivity contribution < 1.29 is 0 Å². The molecule has 2 aromatic rings. The molecule has 5 nitrogen and oxygen atoms in total. The summed E-state index contributed by atoms with van der Waals surface area (Å²) in [7, 11) is 6.30. The standard InChI is InChI=1S/C12H19N5S/c1-8-10-11(17(4)14-8)13-12(18-10)16(3)9-5-6-15(2)7-9/h9H,5-7H2,1-4H3/t9-/m0/s1. The first-order valence-corrected chi connectivity index (χ1v) is 7.09. The van der Waals surface area contributed by atoms with Gasteiger partial charge in [0, 0.05) is 26.7 Å². The molecule has 1 saturated heterocycles. The third kappa shape index (κ3) is 1.80. The van der Waals surface area contributed by atoms with Gasteiger partial charge in [-0.15, -0.1) is 0 Å². The molecule has 0 radical (unpaired) electrons. The van der Waals surface area contributed by atoms with E-state index in [0.29, 0.717) is 6.04 Å². The van der Waals surface area contributed by atoms with Gasteiger partial charge in [-0.3, -0.25) is 0 Å². The van der Waals surface area contributed by atoms with Gasteiger partial charge in [0.1, 0.15) is 0 Å². The number of anilines is 1. The van der Waals surface area contributed by atoms with Crippen LogP contribution in [0.25, 0.3) is 10.3 Å². The number of hydrogen-bond donors (Lipinski definition) is 0. The zero-order valence-corrected chi connectivity index (χ0v) is 12.2. The molecule has 0 aromatic carbocycles. The molecular weight excluding hydrogens is 246 g/mol. The molecule has 0 unspecified atom stereocenters. The summed E-state index contributed by atoms with van der Waals surface area (Å²) in [6.45, 7) is 4.36. The molecule has 0 N–H and O–H groups in total. The van der Waals surface area contributed by atoms with Gasteiger partial charge in [0.25, 0.3) is 0 Å². The highest BCUT2D eigenvalue weighted by atomic mass is 32.1. The second-order valence-corrected chi connectivity index (χ2v) is 6.15. The van der Waals surface area contributed by atoms with Crippen LogP contribution in [0.2, 0.25) is 0 Å². The number of aromatic nitrogens is 3. The summed E-state index contributed by atoms with van der Waals surface area (Å²) in [5.74, 6) is 0. The molecule has 1 atom stereocenters. The first-order valence-electron chi connectivity index (χ1n) is 6.28. The molecule has 3 rings (SSSR count). The van der Waals surface area contributed by atoms with Gasteiger partial charge in [-0.25, -0.2) is 9.67 Å². The predicted octanol–water partition coefficient (Wildman–Crippen LogP) is 1.48. The lowest BCUT2D eigenvalue weighted by atomic mass is 10.2. The number of likely N-dealkylation sites (N-methyl/N-ethyl adjacent to an activating group) is 2. The fourth-order valence-electron chi connectivity index (χ4n) is 2.61. The minimum atomic E-state index is 0.587. The molecule has 0 bridgehead atoms. The van der Waals surface area contributed by atoms with Crippen molar-refractivity contribution in [3.05, 3.63) is 5.69 Å². The Balaban J connectivity index is 1.92. The Hall–Kier alpha value is -1.14. The molecule has 0 amide bonds. The largest absolute Gasteiger partial charge is 0.347 e. The fourth-order valence-corrected chi connectivity index (χ4v) is 3.67. The van der Waals surface area contributed by atoms with Crippen molar-refractivity contribution in [2.24, 2.45) is 7.05 Å². The van der Waals surface area contributed by atoms with Crippen molar-refractivity contribution in [1.82, 2.24) is 19.7 Å². The second-order valence-electron chi connectivity index (χ2n) is 5.17. The van der Waals surface area contributed by atoms with Crippen molar-refractivity contribution in [2.75, 3.05) is 32.1 Å². The minimum Gasteiger partial charge on any atom is -0.347 e. The summed E-state index contributed by atoms with van der Waals surface area (Å²) in [6.07, 6.45) is 1.22. The minimum absolute atomic E-state index is 0.587. The van der Waals surface area contributed by atoms with E-state index in [0.717, 1.165) is 23.0 Å². The Morgan fingerprint density at radius 3 is 2.78 bits per heavy atom. The lowest BCUT2D eigenvalue weighted by Gasteiger charge is -2.23. The summed E-state index contributed by atoms with van der Waals surface area (Å²) in [5.41, 5.74) is 2.08. The molecule has 18 heavy (non-hydrogen) atoms. The van der Waals surface area contributed by atoms with Crippen LogP contribution in [0.3, 0.4) is 0 Å². The predicted molar refractivity (Wildman–Crippen MR) is 75.4 cm³/mol. The molecule has 0 aliphatic carbocycles. The summed E-state index contributed by atoms with van der Waals surface area (Å²) in [5, 5.41) is 5.51. The SMILES string of the molecule is Cc1nn(C)c2nc(N(C)[C@H]3CCN(C)C3)sc12. The van der Waals surface area contributed by atoms with Crippen molar-refractivity contribution >= 4 is 26.8 Å². The molecule has 2 aromatic heterocycles. The third-order valence-electron chi connectivity index (χ3n) is 3.75. The molecule has 1 fully saturated rings. The Morgan fingerprint density at radius 1 is 1.39 bits per heavy atom. The van der Waals surface area contributed by atoms with Crippen LogP contribution in [0, 0.1) is 6.92 Å². The van der Waals surface area contributed by atoms with Gasteiger partial charge in [-0.2, -0.15) is 5.10 Å². The average Bonchev–Trinajstić information content (AvgIpc) is 2.98.